The van der Waals surface area contributed by atoms with E-state index in [1.165, 1.54) is 23.0 Å². The number of carboxylic acid groups (broad SMARTS) is 1. The van der Waals surface area contributed by atoms with Crippen molar-refractivity contribution in [3.8, 4) is 0 Å². The molecule has 6 nitrogen and oxygen atoms in total. The highest BCUT2D eigenvalue weighted by Crippen LogP contribution is 2.26. The lowest BCUT2D eigenvalue weighted by Gasteiger charge is -2.48. The van der Waals surface area contributed by atoms with E-state index in [-0.39, 0.29) is 12.3 Å². The summed E-state index contributed by atoms with van der Waals surface area (Å²) < 4.78 is 0. The lowest BCUT2D eigenvalue weighted by Crippen LogP contribution is -2.73. The maximum absolute atomic E-state index is 12.2. The van der Waals surface area contributed by atoms with Crippen LogP contribution >= 0.6 is 0 Å². The molecule has 1 saturated heterocycles. The fraction of sp³-hybridized carbons (Fsp3) is 0.500. The van der Waals surface area contributed by atoms with Gasteiger partial charge in [-0.3, -0.25) is 15.0 Å². The van der Waals surface area contributed by atoms with Crippen LogP contribution in [0.2, 0.25) is 0 Å². The molecule has 1 aliphatic heterocycles. The molecule has 1 atom stereocenters. The highest BCUT2D eigenvalue weighted by molar-refractivity contribution is 5.90. The largest absolute Gasteiger partial charge is 0.465 e. The van der Waals surface area contributed by atoms with Crippen LogP contribution in [0.15, 0.2) is 18.2 Å². The summed E-state index contributed by atoms with van der Waals surface area (Å²) in [5, 5.41) is 12.3. The van der Waals surface area contributed by atoms with Crippen molar-refractivity contribution in [2.75, 3.05) is 31.6 Å². The second kappa shape index (κ2) is 5.96. The van der Waals surface area contributed by atoms with Gasteiger partial charge in [0.15, 0.2) is 11.4 Å². The van der Waals surface area contributed by atoms with Gasteiger partial charge in [0.25, 0.3) is 0 Å². The van der Waals surface area contributed by atoms with Crippen LogP contribution in [-0.4, -0.2) is 54.2 Å². The fourth-order valence-electron chi connectivity index (χ4n) is 2.95. The van der Waals surface area contributed by atoms with Gasteiger partial charge in [-0.25, -0.2) is 4.79 Å². The molecule has 1 heterocycles. The van der Waals surface area contributed by atoms with Crippen molar-refractivity contribution in [1.82, 2.24) is 10.2 Å². The number of carbonyl (C=O) groups is 2. The monoisotopic (exact) mass is 305 g/mol. The van der Waals surface area contributed by atoms with E-state index in [4.69, 9.17) is 0 Å². The van der Waals surface area contributed by atoms with Crippen LogP contribution in [-0.2, 0) is 4.79 Å². The third kappa shape index (κ3) is 2.66. The minimum absolute atomic E-state index is 0.203. The first-order valence-electron chi connectivity index (χ1n) is 7.34. The van der Waals surface area contributed by atoms with Crippen molar-refractivity contribution in [2.24, 2.45) is 0 Å². The van der Waals surface area contributed by atoms with Gasteiger partial charge in [-0.15, -0.1) is 0 Å². The molecule has 1 aromatic carbocycles. The zero-order chi connectivity index (χ0) is 16.5. The van der Waals surface area contributed by atoms with Crippen LogP contribution in [0.4, 0.5) is 10.5 Å². The number of benzene rings is 1. The number of aryl methyl sites for hydroxylation is 2. The zero-order valence-corrected chi connectivity index (χ0v) is 13.5. The maximum Gasteiger partial charge on any atom is 0.409 e. The topological polar surface area (TPSA) is 72.9 Å². The molecule has 1 aliphatic rings. The second-order valence-electron chi connectivity index (χ2n) is 5.79. The number of Topliss-reactive ketones (excluding diaryl/α,β-unsaturated/α-hetero) is 1. The lowest BCUT2D eigenvalue weighted by atomic mass is 9.99. The average Bonchev–Trinajstić information content (AvgIpc) is 2.48. The van der Waals surface area contributed by atoms with E-state index < -0.39 is 11.8 Å². The molecule has 0 aliphatic carbocycles. The minimum atomic E-state index is -1.21. The Kier molecular flexibility index (Phi) is 4.42. The van der Waals surface area contributed by atoms with Crippen LogP contribution in [0.5, 0.6) is 0 Å². The van der Waals surface area contributed by atoms with Crippen LogP contribution < -0.4 is 10.2 Å². The molecular formula is C16H23N3O3. The Morgan fingerprint density at radius 2 is 1.91 bits per heavy atom. The number of nitrogens with one attached hydrogen (secondary N) is 1. The Morgan fingerprint density at radius 1 is 1.23 bits per heavy atom. The number of nitrogens with zero attached hydrogens (tertiary/aromatic N) is 2. The Balaban J connectivity index is 2.37. The van der Waals surface area contributed by atoms with Crippen LogP contribution in [0.3, 0.4) is 0 Å². The summed E-state index contributed by atoms with van der Waals surface area (Å²) in [4.78, 5) is 26.9. The SMILES string of the molecule is CNC1(C(C)=O)CN(c2ccc(C)c(C)c2)CCN1C(=O)O. The molecule has 1 unspecified atom stereocenters. The lowest BCUT2D eigenvalue weighted by molar-refractivity contribution is -0.130. The van der Waals surface area contributed by atoms with Gasteiger partial charge in [-0.2, -0.15) is 0 Å². The summed E-state index contributed by atoms with van der Waals surface area (Å²) >= 11 is 0. The predicted molar refractivity (Wildman–Crippen MR) is 85.3 cm³/mol. The predicted octanol–water partition coefficient (Wildman–Crippen LogP) is 1.61. The number of likely N-dealkylation sites (N-methyl/N-ethyl adjacent to an activating group) is 1. The van der Waals surface area contributed by atoms with Crippen molar-refractivity contribution in [3.63, 3.8) is 0 Å². The first kappa shape index (κ1) is 16.3. The number of ketones is 1. The van der Waals surface area contributed by atoms with Crippen LogP contribution in [0, 0.1) is 13.8 Å². The molecule has 22 heavy (non-hydrogen) atoms. The summed E-state index contributed by atoms with van der Waals surface area (Å²) in [6.07, 6.45) is -1.08. The molecule has 0 radical (unpaired) electrons. The van der Waals surface area contributed by atoms with Crippen molar-refractivity contribution in [1.29, 1.82) is 0 Å². The number of anilines is 1. The Labute approximate surface area is 130 Å². The highest BCUT2D eigenvalue weighted by atomic mass is 16.4. The van der Waals surface area contributed by atoms with Crippen molar-refractivity contribution in [3.05, 3.63) is 29.3 Å². The molecule has 2 rings (SSSR count). The second-order valence-corrected chi connectivity index (χ2v) is 5.79. The summed E-state index contributed by atoms with van der Waals surface area (Å²) in [5.41, 5.74) is 2.19. The van der Waals surface area contributed by atoms with Crippen LogP contribution in [0.25, 0.3) is 0 Å². The molecule has 2 N–H and O–H groups in total. The Bertz CT molecular complexity index is 602. The summed E-state index contributed by atoms with van der Waals surface area (Å²) in [5.74, 6) is -0.203. The van der Waals surface area contributed by atoms with E-state index in [0.29, 0.717) is 13.1 Å². The number of hydrogen-bond acceptors (Lipinski definition) is 4. The van der Waals surface area contributed by atoms with Gasteiger partial charge in [0.05, 0.1) is 6.54 Å². The summed E-state index contributed by atoms with van der Waals surface area (Å²) in [6.45, 7) is 6.66. The molecular weight excluding hydrogens is 282 g/mol. The third-order valence-electron chi connectivity index (χ3n) is 4.56. The van der Waals surface area contributed by atoms with E-state index in [0.717, 1.165) is 5.69 Å². The molecule has 0 aromatic heterocycles. The van der Waals surface area contributed by atoms with Gasteiger partial charge >= 0.3 is 6.09 Å². The van der Waals surface area contributed by atoms with Crippen molar-refractivity contribution >= 4 is 17.6 Å². The zero-order valence-electron chi connectivity index (χ0n) is 13.5. The molecule has 0 saturated carbocycles. The van der Waals surface area contributed by atoms with E-state index in [2.05, 4.69) is 23.2 Å². The molecule has 1 amide bonds. The quantitative estimate of drug-likeness (QED) is 0.887. The van der Waals surface area contributed by atoms with Gasteiger partial charge < -0.3 is 10.0 Å². The van der Waals surface area contributed by atoms with Gasteiger partial charge in [-0.1, -0.05) is 6.07 Å². The highest BCUT2D eigenvalue weighted by Gasteiger charge is 2.47. The smallest absolute Gasteiger partial charge is 0.409 e. The summed E-state index contributed by atoms with van der Waals surface area (Å²) in [6, 6.07) is 6.13. The van der Waals surface area contributed by atoms with Crippen LogP contribution in [0.1, 0.15) is 18.1 Å². The normalized spacial score (nSPS) is 21.8. The molecule has 0 spiro atoms. The van der Waals surface area contributed by atoms with E-state index >= 15 is 0 Å². The number of carbonyl (C=O) groups excluding carboxylic acids is 1. The maximum atomic E-state index is 12.2. The summed E-state index contributed by atoms with van der Waals surface area (Å²) in [7, 11) is 1.63. The number of piperazine rings is 1. The number of hydrogen-bond donors (Lipinski definition) is 2. The fourth-order valence-corrected chi connectivity index (χ4v) is 2.95. The van der Waals surface area contributed by atoms with Gasteiger partial charge in [0.1, 0.15) is 0 Å². The Morgan fingerprint density at radius 3 is 2.41 bits per heavy atom. The standard InChI is InChI=1S/C16H23N3O3/c1-11-5-6-14(9-12(11)2)18-7-8-19(15(21)22)16(10-18,17-4)13(3)20/h5-6,9,17H,7-8,10H2,1-4H3,(H,21,22). The Hall–Kier alpha value is -2.08. The third-order valence-corrected chi connectivity index (χ3v) is 4.56. The van der Waals surface area contributed by atoms with Crippen molar-refractivity contribution < 1.29 is 14.7 Å². The molecule has 6 heteroatoms. The molecule has 1 aromatic rings. The first-order chi connectivity index (χ1) is 10.3. The van der Waals surface area contributed by atoms with Crippen molar-refractivity contribution in [2.45, 2.75) is 26.4 Å². The average molecular weight is 305 g/mol. The van der Waals surface area contributed by atoms with E-state index in [1.54, 1.807) is 7.05 Å². The molecule has 1 fully saturated rings. The van der Waals surface area contributed by atoms with Gasteiger partial charge in [0.2, 0.25) is 0 Å². The number of rotatable bonds is 3. The first-order valence-corrected chi connectivity index (χ1v) is 7.34. The van der Waals surface area contributed by atoms with E-state index in [1.807, 2.05) is 19.1 Å². The van der Waals surface area contributed by atoms with E-state index in [9.17, 15) is 14.7 Å². The van der Waals surface area contributed by atoms with Gasteiger partial charge in [0, 0.05) is 18.8 Å². The molecule has 120 valence electrons. The number of amides is 1. The van der Waals surface area contributed by atoms with Gasteiger partial charge in [-0.05, 0) is 51.1 Å². The minimum Gasteiger partial charge on any atom is -0.465 e. The molecule has 0 bridgehead atoms.